The number of rotatable bonds is 5. The Morgan fingerprint density at radius 3 is 3.05 bits per heavy atom. The summed E-state index contributed by atoms with van der Waals surface area (Å²) in [6.07, 6.45) is 8.52. The minimum absolute atomic E-state index is 0.388. The van der Waals surface area contributed by atoms with Crippen molar-refractivity contribution in [2.45, 2.75) is 56.7 Å². The van der Waals surface area contributed by atoms with Crippen LogP contribution >= 0.6 is 0 Å². The van der Waals surface area contributed by atoms with Gasteiger partial charge in [0.1, 0.15) is 5.76 Å². The first-order valence-corrected chi connectivity index (χ1v) is 8.65. The molecule has 1 aromatic heterocycles. The molecule has 2 aliphatic carbocycles. The van der Waals surface area contributed by atoms with E-state index in [4.69, 9.17) is 14.0 Å². The second kappa shape index (κ2) is 6.30. The molecule has 0 spiro atoms. The average Bonchev–Trinajstić information content (AvgIpc) is 3.10. The van der Waals surface area contributed by atoms with Gasteiger partial charge in [-0.05, 0) is 25.7 Å². The quantitative estimate of drug-likeness (QED) is 0.837. The molecule has 122 valence electrons. The summed E-state index contributed by atoms with van der Waals surface area (Å²) < 4.78 is 17.0. The number of morpholine rings is 1. The third-order valence-electron chi connectivity index (χ3n) is 5.58. The Balaban J connectivity index is 1.49. The van der Waals surface area contributed by atoms with Gasteiger partial charge < -0.3 is 14.0 Å². The number of ether oxygens (including phenoxy) is 2. The summed E-state index contributed by atoms with van der Waals surface area (Å²) in [6, 6.07) is 0.461. The van der Waals surface area contributed by atoms with E-state index in [-0.39, 0.29) is 0 Å². The summed E-state index contributed by atoms with van der Waals surface area (Å²) in [5.41, 5.74) is 1.28. The van der Waals surface area contributed by atoms with Crippen molar-refractivity contribution in [2.24, 2.45) is 5.92 Å². The van der Waals surface area contributed by atoms with Crippen molar-refractivity contribution in [3.05, 3.63) is 17.5 Å². The predicted molar refractivity (Wildman–Crippen MR) is 81.6 cm³/mol. The zero-order valence-corrected chi connectivity index (χ0v) is 13.4. The van der Waals surface area contributed by atoms with Gasteiger partial charge in [0, 0.05) is 43.6 Å². The molecule has 0 bridgehead atoms. The molecule has 0 unspecified atom stereocenters. The average molecular weight is 306 g/mol. The van der Waals surface area contributed by atoms with Crippen LogP contribution in [0.2, 0.25) is 0 Å². The van der Waals surface area contributed by atoms with Crippen LogP contribution in [0.5, 0.6) is 0 Å². The van der Waals surface area contributed by atoms with E-state index in [9.17, 15) is 0 Å². The Kier molecular flexibility index (Phi) is 4.20. The van der Waals surface area contributed by atoms with Crippen molar-refractivity contribution in [1.29, 1.82) is 0 Å². The van der Waals surface area contributed by atoms with Crippen LogP contribution in [-0.4, -0.2) is 49.1 Å². The lowest BCUT2D eigenvalue weighted by molar-refractivity contribution is -0.0609. The largest absolute Gasteiger partial charge is 0.381 e. The molecule has 2 heterocycles. The number of hydrogen-bond donors (Lipinski definition) is 0. The third-order valence-corrected chi connectivity index (χ3v) is 5.58. The number of aromatic nitrogens is 1. The molecular formula is C17H26N2O3. The number of hydrogen-bond acceptors (Lipinski definition) is 5. The van der Waals surface area contributed by atoms with Crippen molar-refractivity contribution in [3.63, 3.8) is 0 Å². The highest BCUT2D eigenvalue weighted by Crippen LogP contribution is 2.42. The molecule has 0 radical (unpaired) electrons. The van der Waals surface area contributed by atoms with E-state index in [1.165, 1.54) is 37.7 Å². The van der Waals surface area contributed by atoms with Gasteiger partial charge in [-0.1, -0.05) is 11.6 Å². The molecular weight excluding hydrogens is 280 g/mol. The fourth-order valence-corrected chi connectivity index (χ4v) is 4.22. The first-order valence-electron chi connectivity index (χ1n) is 8.65. The van der Waals surface area contributed by atoms with E-state index in [2.05, 4.69) is 10.1 Å². The molecule has 1 aliphatic heterocycles. The standard InChI is InChI=1S/C17H26N2O3/c1-20-16-4-2-3-14(16)15-11-21-8-7-19(15)10-13-9-18-22-17(13)12-5-6-12/h9,12,14-16H,2-8,10-11H2,1H3/t14-,15-,16+/m0/s1. The van der Waals surface area contributed by atoms with Gasteiger partial charge in [-0.3, -0.25) is 4.90 Å². The summed E-state index contributed by atoms with van der Waals surface area (Å²) >= 11 is 0. The molecule has 1 saturated heterocycles. The summed E-state index contributed by atoms with van der Waals surface area (Å²) in [7, 11) is 1.85. The van der Waals surface area contributed by atoms with E-state index in [0.29, 0.717) is 24.0 Å². The van der Waals surface area contributed by atoms with Gasteiger partial charge in [0.15, 0.2) is 0 Å². The van der Waals surface area contributed by atoms with Crippen LogP contribution in [0.1, 0.15) is 49.3 Å². The Morgan fingerprint density at radius 1 is 1.32 bits per heavy atom. The van der Waals surface area contributed by atoms with Crippen molar-refractivity contribution in [1.82, 2.24) is 10.1 Å². The Hall–Kier alpha value is -0.910. The lowest BCUT2D eigenvalue weighted by Gasteiger charge is -2.40. The molecule has 22 heavy (non-hydrogen) atoms. The highest BCUT2D eigenvalue weighted by Gasteiger charge is 2.39. The third kappa shape index (κ3) is 2.82. The summed E-state index contributed by atoms with van der Waals surface area (Å²) in [5.74, 6) is 2.34. The van der Waals surface area contributed by atoms with Gasteiger partial charge >= 0.3 is 0 Å². The lowest BCUT2D eigenvalue weighted by atomic mass is 9.93. The summed E-state index contributed by atoms with van der Waals surface area (Å²) in [4.78, 5) is 2.57. The number of methoxy groups -OCH3 is 1. The van der Waals surface area contributed by atoms with Gasteiger partial charge in [0.25, 0.3) is 0 Å². The van der Waals surface area contributed by atoms with Crippen molar-refractivity contribution in [2.75, 3.05) is 26.9 Å². The first kappa shape index (κ1) is 14.7. The molecule has 3 fully saturated rings. The fourth-order valence-electron chi connectivity index (χ4n) is 4.22. The van der Waals surface area contributed by atoms with Crippen LogP contribution in [0.25, 0.3) is 0 Å². The molecule has 0 N–H and O–H groups in total. The maximum absolute atomic E-state index is 5.79. The molecule has 1 aromatic rings. The normalized spacial score (nSPS) is 33.4. The highest BCUT2D eigenvalue weighted by molar-refractivity contribution is 5.21. The van der Waals surface area contributed by atoms with Gasteiger partial charge in [0.2, 0.25) is 0 Å². The zero-order chi connectivity index (χ0) is 14.9. The lowest BCUT2D eigenvalue weighted by Crippen LogP contribution is -2.50. The molecule has 0 aromatic carbocycles. The summed E-state index contributed by atoms with van der Waals surface area (Å²) in [5, 5.41) is 4.04. The van der Waals surface area contributed by atoms with Gasteiger partial charge in [-0.15, -0.1) is 0 Å². The van der Waals surface area contributed by atoms with Gasteiger partial charge in [-0.25, -0.2) is 0 Å². The van der Waals surface area contributed by atoms with Crippen LogP contribution in [0.3, 0.4) is 0 Å². The maximum Gasteiger partial charge on any atom is 0.144 e. The van der Waals surface area contributed by atoms with E-state index in [0.717, 1.165) is 32.1 Å². The van der Waals surface area contributed by atoms with E-state index in [1.54, 1.807) is 0 Å². The van der Waals surface area contributed by atoms with Crippen LogP contribution in [0, 0.1) is 5.92 Å². The molecule has 5 nitrogen and oxygen atoms in total. The van der Waals surface area contributed by atoms with Crippen LogP contribution in [0.15, 0.2) is 10.7 Å². The molecule has 0 amide bonds. The molecule has 2 saturated carbocycles. The monoisotopic (exact) mass is 306 g/mol. The first-order chi connectivity index (χ1) is 10.9. The van der Waals surface area contributed by atoms with Gasteiger partial charge in [0.05, 0.1) is 25.5 Å². The minimum Gasteiger partial charge on any atom is -0.381 e. The highest BCUT2D eigenvalue weighted by atomic mass is 16.5. The van der Waals surface area contributed by atoms with E-state index >= 15 is 0 Å². The van der Waals surface area contributed by atoms with E-state index in [1.807, 2.05) is 13.3 Å². The topological polar surface area (TPSA) is 47.7 Å². The van der Waals surface area contributed by atoms with Crippen molar-refractivity contribution < 1.29 is 14.0 Å². The van der Waals surface area contributed by atoms with E-state index < -0.39 is 0 Å². The second-order valence-electron chi connectivity index (χ2n) is 6.97. The maximum atomic E-state index is 5.79. The fraction of sp³-hybridized carbons (Fsp3) is 0.824. The second-order valence-corrected chi connectivity index (χ2v) is 6.97. The summed E-state index contributed by atoms with van der Waals surface area (Å²) in [6.45, 7) is 3.59. The van der Waals surface area contributed by atoms with Crippen LogP contribution < -0.4 is 0 Å². The van der Waals surface area contributed by atoms with Crippen molar-refractivity contribution >= 4 is 0 Å². The molecule has 3 atom stereocenters. The molecule has 5 heteroatoms. The van der Waals surface area contributed by atoms with Crippen LogP contribution in [-0.2, 0) is 16.0 Å². The van der Waals surface area contributed by atoms with Crippen molar-refractivity contribution in [3.8, 4) is 0 Å². The van der Waals surface area contributed by atoms with Gasteiger partial charge in [-0.2, -0.15) is 0 Å². The SMILES string of the molecule is CO[C@@H]1CCC[C@H]1[C@@H]1COCCN1Cc1cnoc1C1CC1. The predicted octanol–water partition coefficient (Wildman–Crippen LogP) is 2.57. The molecule has 3 aliphatic rings. The molecule has 4 rings (SSSR count). The Labute approximate surface area is 131 Å². The number of nitrogens with zero attached hydrogens (tertiary/aromatic N) is 2. The zero-order valence-electron chi connectivity index (χ0n) is 13.4. The Morgan fingerprint density at radius 2 is 2.23 bits per heavy atom. The minimum atomic E-state index is 0.388. The Bertz CT molecular complexity index is 500. The smallest absolute Gasteiger partial charge is 0.144 e. The van der Waals surface area contributed by atoms with Crippen LogP contribution in [0.4, 0.5) is 0 Å².